The van der Waals surface area contributed by atoms with Crippen LogP contribution < -0.4 is 0 Å². The van der Waals surface area contributed by atoms with Crippen molar-refractivity contribution in [2.75, 3.05) is 26.9 Å². The largest absolute Gasteiger partial charge is 0.394 e. The molecule has 0 radical (unpaired) electrons. The Hall–Kier alpha value is -0.120. The van der Waals surface area contributed by atoms with E-state index in [0.29, 0.717) is 6.61 Å². The fourth-order valence-corrected chi connectivity index (χ4v) is 2.10. The van der Waals surface area contributed by atoms with Crippen molar-refractivity contribution < 1.29 is 14.6 Å². The molecule has 0 amide bonds. The van der Waals surface area contributed by atoms with Crippen LogP contribution in [0.1, 0.15) is 71.1 Å². The SMILES string of the molecule is CCCCCCCCCCCCOCC(CO)OC. The molecule has 19 heavy (non-hydrogen) atoms. The summed E-state index contributed by atoms with van der Waals surface area (Å²) in [4.78, 5) is 0. The van der Waals surface area contributed by atoms with E-state index in [1.54, 1.807) is 7.11 Å². The molecule has 1 N–H and O–H groups in total. The molecule has 0 saturated carbocycles. The minimum absolute atomic E-state index is 0.0362. The maximum atomic E-state index is 8.90. The molecule has 0 rings (SSSR count). The van der Waals surface area contributed by atoms with Gasteiger partial charge in [0, 0.05) is 13.7 Å². The highest BCUT2D eigenvalue weighted by atomic mass is 16.5. The van der Waals surface area contributed by atoms with E-state index >= 15 is 0 Å². The van der Waals surface area contributed by atoms with E-state index in [1.807, 2.05) is 0 Å². The van der Waals surface area contributed by atoms with Gasteiger partial charge in [0.25, 0.3) is 0 Å². The summed E-state index contributed by atoms with van der Waals surface area (Å²) in [5.74, 6) is 0. The molecule has 0 heterocycles. The minimum atomic E-state index is -0.164. The van der Waals surface area contributed by atoms with E-state index < -0.39 is 0 Å². The average Bonchev–Trinajstić information content (AvgIpc) is 2.44. The number of hydrogen-bond acceptors (Lipinski definition) is 3. The van der Waals surface area contributed by atoms with Crippen LogP contribution in [0.15, 0.2) is 0 Å². The summed E-state index contributed by atoms with van der Waals surface area (Å²) in [5, 5.41) is 8.90. The molecular weight excluding hydrogens is 240 g/mol. The first kappa shape index (κ1) is 18.9. The van der Waals surface area contributed by atoms with E-state index in [4.69, 9.17) is 14.6 Å². The Balaban J connectivity index is 3.02. The summed E-state index contributed by atoms with van der Waals surface area (Å²) < 4.78 is 10.5. The third-order valence-corrected chi connectivity index (χ3v) is 3.48. The first-order valence-corrected chi connectivity index (χ1v) is 8.06. The highest BCUT2D eigenvalue weighted by Crippen LogP contribution is 2.10. The van der Waals surface area contributed by atoms with E-state index in [9.17, 15) is 0 Å². The van der Waals surface area contributed by atoms with Gasteiger partial charge in [0.2, 0.25) is 0 Å². The van der Waals surface area contributed by atoms with Crippen LogP contribution in [-0.4, -0.2) is 38.1 Å². The van der Waals surface area contributed by atoms with E-state index in [-0.39, 0.29) is 12.7 Å². The molecule has 3 nitrogen and oxygen atoms in total. The first-order valence-electron chi connectivity index (χ1n) is 8.06. The molecule has 0 aliphatic carbocycles. The topological polar surface area (TPSA) is 38.7 Å². The maximum Gasteiger partial charge on any atom is 0.103 e. The summed E-state index contributed by atoms with van der Waals surface area (Å²) in [7, 11) is 1.60. The Morgan fingerprint density at radius 2 is 1.37 bits per heavy atom. The summed E-state index contributed by atoms with van der Waals surface area (Å²) >= 11 is 0. The van der Waals surface area contributed by atoms with Crippen molar-refractivity contribution in [2.45, 2.75) is 77.2 Å². The van der Waals surface area contributed by atoms with Crippen molar-refractivity contribution in [1.29, 1.82) is 0 Å². The van der Waals surface area contributed by atoms with Crippen LogP contribution in [0.3, 0.4) is 0 Å². The van der Waals surface area contributed by atoms with Crippen LogP contribution in [0.5, 0.6) is 0 Å². The fraction of sp³-hybridized carbons (Fsp3) is 1.00. The highest BCUT2D eigenvalue weighted by Gasteiger charge is 2.04. The number of hydrogen-bond donors (Lipinski definition) is 1. The molecule has 0 aromatic heterocycles. The van der Waals surface area contributed by atoms with Crippen molar-refractivity contribution >= 4 is 0 Å². The third kappa shape index (κ3) is 14.1. The minimum Gasteiger partial charge on any atom is -0.394 e. The van der Waals surface area contributed by atoms with Crippen LogP contribution in [0.4, 0.5) is 0 Å². The second-order valence-corrected chi connectivity index (χ2v) is 5.30. The predicted molar refractivity (Wildman–Crippen MR) is 80.5 cm³/mol. The molecule has 0 aromatic carbocycles. The molecule has 0 aliphatic heterocycles. The van der Waals surface area contributed by atoms with Crippen molar-refractivity contribution in [1.82, 2.24) is 0 Å². The number of methoxy groups -OCH3 is 1. The number of unbranched alkanes of at least 4 members (excludes halogenated alkanes) is 9. The summed E-state index contributed by atoms with van der Waals surface area (Å²) in [6.45, 7) is 3.59. The van der Waals surface area contributed by atoms with Crippen molar-refractivity contribution in [3.8, 4) is 0 Å². The number of aliphatic hydroxyl groups is 1. The van der Waals surface area contributed by atoms with E-state index in [0.717, 1.165) is 13.0 Å². The van der Waals surface area contributed by atoms with Crippen molar-refractivity contribution in [2.24, 2.45) is 0 Å². The Morgan fingerprint density at radius 3 is 1.84 bits per heavy atom. The lowest BCUT2D eigenvalue weighted by Crippen LogP contribution is -2.22. The zero-order valence-electron chi connectivity index (χ0n) is 13.0. The fourth-order valence-electron chi connectivity index (χ4n) is 2.10. The molecule has 3 heteroatoms. The molecule has 116 valence electrons. The summed E-state index contributed by atoms with van der Waals surface area (Å²) in [5.41, 5.74) is 0. The third-order valence-electron chi connectivity index (χ3n) is 3.48. The maximum absolute atomic E-state index is 8.90. The van der Waals surface area contributed by atoms with Gasteiger partial charge in [-0.1, -0.05) is 64.7 Å². The Labute approximate surface area is 119 Å². The lowest BCUT2D eigenvalue weighted by Gasteiger charge is -2.12. The van der Waals surface area contributed by atoms with E-state index in [1.165, 1.54) is 57.8 Å². The molecule has 0 aromatic rings. The van der Waals surface area contributed by atoms with Crippen molar-refractivity contribution in [3.05, 3.63) is 0 Å². The van der Waals surface area contributed by atoms with Gasteiger partial charge in [-0.2, -0.15) is 0 Å². The van der Waals surface area contributed by atoms with Crippen LogP contribution in [-0.2, 0) is 9.47 Å². The zero-order chi connectivity index (χ0) is 14.2. The van der Waals surface area contributed by atoms with Crippen LogP contribution in [0.2, 0.25) is 0 Å². The average molecular weight is 274 g/mol. The molecule has 1 atom stereocenters. The first-order chi connectivity index (χ1) is 9.35. The standard InChI is InChI=1S/C16H34O3/c1-3-4-5-6-7-8-9-10-11-12-13-19-15-16(14-17)18-2/h16-17H,3-15H2,1-2H3. The van der Waals surface area contributed by atoms with Gasteiger partial charge in [-0.05, 0) is 6.42 Å². The predicted octanol–water partition coefficient (Wildman–Crippen LogP) is 3.93. The van der Waals surface area contributed by atoms with E-state index in [2.05, 4.69) is 6.92 Å². The van der Waals surface area contributed by atoms with Crippen molar-refractivity contribution in [3.63, 3.8) is 0 Å². The van der Waals surface area contributed by atoms with Gasteiger partial charge in [0.1, 0.15) is 6.10 Å². The highest BCUT2D eigenvalue weighted by molar-refractivity contribution is 4.52. The molecule has 1 unspecified atom stereocenters. The second-order valence-electron chi connectivity index (χ2n) is 5.30. The van der Waals surface area contributed by atoms with Gasteiger partial charge < -0.3 is 14.6 Å². The Kier molecular flexibility index (Phi) is 15.8. The normalized spacial score (nSPS) is 12.8. The monoisotopic (exact) mass is 274 g/mol. The van der Waals surface area contributed by atoms with Gasteiger partial charge in [-0.3, -0.25) is 0 Å². The number of aliphatic hydroxyl groups excluding tert-OH is 1. The number of rotatable bonds is 15. The molecule has 0 saturated heterocycles. The smallest absolute Gasteiger partial charge is 0.103 e. The quantitative estimate of drug-likeness (QED) is 0.460. The molecule has 0 spiro atoms. The Morgan fingerprint density at radius 1 is 0.842 bits per heavy atom. The molecular formula is C16H34O3. The van der Waals surface area contributed by atoms with Gasteiger partial charge >= 0.3 is 0 Å². The van der Waals surface area contributed by atoms with Crippen LogP contribution in [0.25, 0.3) is 0 Å². The summed E-state index contributed by atoms with van der Waals surface area (Å²) in [6.07, 6.45) is 13.3. The second kappa shape index (κ2) is 15.9. The lowest BCUT2D eigenvalue weighted by atomic mass is 10.1. The molecule has 0 bridgehead atoms. The van der Waals surface area contributed by atoms with Gasteiger partial charge in [-0.15, -0.1) is 0 Å². The zero-order valence-corrected chi connectivity index (χ0v) is 13.0. The van der Waals surface area contributed by atoms with Gasteiger partial charge in [0.05, 0.1) is 13.2 Å². The Bertz CT molecular complexity index is 158. The van der Waals surface area contributed by atoms with Gasteiger partial charge in [-0.25, -0.2) is 0 Å². The van der Waals surface area contributed by atoms with Crippen LogP contribution >= 0.6 is 0 Å². The van der Waals surface area contributed by atoms with Crippen LogP contribution in [0, 0.1) is 0 Å². The van der Waals surface area contributed by atoms with Gasteiger partial charge in [0.15, 0.2) is 0 Å². The summed E-state index contributed by atoms with van der Waals surface area (Å²) in [6, 6.07) is 0. The molecule has 0 fully saturated rings. The lowest BCUT2D eigenvalue weighted by molar-refractivity contribution is -0.0205. The molecule has 0 aliphatic rings. The number of ether oxygens (including phenoxy) is 2.